The first-order valence-corrected chi connectivity index (χ1v) is 4.79. The van der Waals surface area contributed by atoms with E-state index in [1.54, 1.807) is 0 Å². The fourth-order valence-corrected chi connectivity index (χ4v) is 1.37. The van der Waals surface area contributed by atoms with E-state index in [4.69, 9.17) is 5.26 Å². The molecule has 4 N–H and O–H groups in total. The minimum absolute atomic E-state index is 0.699. The largest absolute Gasteiger partial charge is 0.274 e. The highest BCUT2D eigenvalue weighted by Gasteiger charge is 1.95. The van der Waals surface area contributed by atoms with Gasteiger partial charge in [-0.3, -0.25) is 11.7 Å². The Labute approximate surface area is 94.9 Å². The maximum absolute atomic E-state index is 8.65. The average Bonchev–Trinajstić information content (AvgIpc) is 2.42. The summed E-state index contributed by atoms with van der Waals surface area (Å²) < 4.78 is 0. The third-order valence-corrected chi connectivity index (χ3v) is 2.12. The second-order valence-electron chi connectivity index (χ2n) is 3.06. The van der Waals surface area contributed by atoms with Crippen LogP contribution in [0.3, 0.4) is 0 Å². The van der Waals surface area contributed by atoms with Crippen LogP contribution in [0.5, 0.6) is 0 Å². The molecule has 16 heavy (non-hydrogen) atoms. The third-order valence-electron chi connectivity index (χ3n) is 2.12. The predicted octanol–water partition coefficient (Wildman–Crippen LogP) is 2.04. The van der Waals surface area contributed by atoms with Gasteiger partial charge in [-0.15, -0.1) is 0 Å². The molecule has 80 valence electrons. The lowest BCUT2D eigenvalue weighted by atomic mass is 10.0. The van der Waals surface area contributed by atoms with Crippen LogP contribution in [0.15, 0.2) is 54.6 Å². The Morgan fingerprint density at radius 3 is 1.75 bits per heavy atom. The summed E-state index contributed by atoms with van der Waals surface area (Å²) in [5, 5.41) is 8.65. The van der Waals surface area contributed by atoms with Crippen LogP contribution in [-0.4, -0.2) is 0 Å². The highest BCUT2D eigenvalue weighted by molar-refractivity contribution is 5.63. The molecule has 0 saturated carbocycles. The van der Waals surface area contributed by atoms with Crippen molar-refractivity contribution in [3.05, 3.63) is 60.2 Å². The molecular weight excluding hydrogens is 198 g/mol. The first-order chi connectivity index (χ1) is 7.90. The van der Waals surface area contributed by atoms with E-state index < -0.39 is 0 Å². The SMILES string of the molecule is N#Cc1ccc(-c2ccccc2)cc1.NN. The Morgan fingerprint density at radius 2 is 1.25 bits per heavy atom. The van der Waals surface area contributed by atoms with Crippen LogP contribution < -0.4 is 11.7 Å². The van der Waals surface area contributed by atoms with Crippen molar-refractivity contribution in [1.82, 2.24) is 0 Å². The fourth-order valence-electron chi connectivity index (χ4n) is 1.37. The van der Waals surface area contributed by atoms with Gasteiger partial charge in [0.2, 0.25) is 0 Å². The third kappa shape index (κ3) is 2.92. The maximum atomic E-state index is 8.65. The molecule has 0 aliphatic rings. The summed E-state index contributed by atoms with van der Waals surface area (Å²) in [6.07, 6.45) is 0. The van der Waals surface area contributed by atoms with E-state index in [1.807, 2.05) is 42.5 Å². The quantitative estimate of drug-likeness (QED) is 0.560. The van der Waals surface area contributed by atoms with Crippen molar-refractivity contribution in [2.24, 2.45) is 11.7 Å². The van der Waals surface area contributed by atoms with Gasteiger partial charge in [0.05, 0.1) is 11.6 Å². The van der Waals surface area contributed by atoms with Crippen LogP contribution >= 0.6 is 0 Å². The van der Waals surface area contributed by atoms with Crippen molar-refractivity contribution in [3.63, 3.8) is 0 Å². The van der Waals surface area contributed by atoms with Gasteiger partial charge in [-0.25, -0.2) is 0 Å². The van der Waals surface area contributed by atoms with Crippen LogP contribution in [0.4, 0.5) is 0 Å². The lowest BCUT2D eigenvalue weighted by Gasteiger charge is -1.99. The number of nitrogens with zero attached hydrogens (tertiary/aromatic N) is 1. The van der Waals surface area contributed by atoms with E-state index in [0.29, 0.717) is 5.56 Å². The Bertz CT molecular complexity index is 455. The Kier molecular flexibility index (Phi) is 4.74. The molecule has 0 unspecified atom stereocenters. The van der Waals surface area contributed by atoms with Crippen molar-refractivity contribution < 1.29 is 0 Å². The zero-order valence-electron chi connectivity index (χ0n) is 8.80. The van der Waals surface area contributed by atoms with E-state index in [-0.39, 0.29) is 0 Å². The second-order valence-corrected chi connectivity index (χ2v) is 3.06. The number of hydrazine groups is 1. The van der Waals surface area contributed by atoms with Crippen LogP contribution in [0, 0.1) is 11.3 Å². The van der Waals surface area contributed by atoms with E-state index >= 15 is 0 Å². The minimum Gasteiger partial charge on any atom is -0.274 e. The van der Waals surface area contributed by atoms with E-state index in [2.05, 4.69) is 29.9 Å². The number of benzene rings is 2. The summed E-state index contributed by atoms with van der Waals surface area (Å²) >= 11 is 0. The Balaban J connectivity index is 0.000000606. The molecule has 0 aliphatic carbocycles. The van der Waals surface area contributed by atoms with E-state index in [0.717, 1.165) is 5.56 Å². The molecule has 0 heterocycles. The molecule has 0 aliphatic heterocycles. The minimum atomic E-state index is 0.699. The first kappa shape index (κ1) is 11.9. The predicted molar refractivity (Wildman–Crippen MR) is 65.0 cm³/mol. The van der Waals surface area contributed by atoms with Crippen molar-refractivity contribution in [2.45, 2.75) is 0 Å². The summed E-state index contributed by atoms with van der Waals surface area (Å²) in [6.45, 7) is 0. The van der Waals surface area contributed by atoms with E-state index in [1.165, 1.54) is 5.56 Å². The summed E-state index contributed by atoms with van der Waals surface area (Å²) in [6, 6.07) is 19.8. The molecule has 0 aromatic heterocycles. The molecule has 0 atom stereocenters. The van der Waals surface area contributed by atoms with Gasteiger partial charge in [0.15, 0.2) is 0 Å². The monoisotopic (exact) mass is 211 g/mol. The van der Waals surface area contributed by atoms with Gasteiger partial charge >= 0.3 is 0 Å². The van der Waals surface area contributed by atoms with Crippen molar-refractivity contribution in [3.8, 4) is 17.2 Å². The van der Waals surface area contributed by atoms with Crippen LogP contribution in [0.25, 0.3) is 11.1 Å². The molecule has 2 aromatic rings. The van der Waals surface area contributed by atoms with Crippen molar-refractivity contribution in [2.75, 3.05) is 0 Å². The molecule has 0 fully saturated rings. The van der Waals surface area contributed by atoms with E-state index in [9.17, 15) is 0 Å². The summed E-state index contributed by atoms with van der Waals surface area (Å²) in [7, 11) is 0. The average molecular weight is 211 g/mol. The van der Waals surface area contributed by atoms with Gasteiger partial charge in [0, 0.05) is 0 Å². The van der Waals surface area contributed by atoms with Gasteiger partial charge in [0.1, 0.15) is 0 Å². The van der Waals surface area contributed by atoms with Crippen molar-refractivity contribution in [1.29, 1.82) is 5.26 Å². The fraction of sp³-hybridized carbons (Fsp3) is 0. The van der Waals surface area contributed by atoms with Gasteiger partial charge < -0.3 is 0 Å². The summed E-state index contributed by atoms with van der Waals surface area (Å²) in [5.74, 6) is 8.00. The number of hydrogen-bond donors (Lipinski definition) is 2. The number of nitriles is 1. The lowest BCUT2D eigenvalue weighted by molar-refractivity contribution is 1.26. The molecule has 2 rings (SSSR count). The zero-order valence-corrected chi connectivity index (χ0v) is 8.80. The van der Waals surface area contributed by atoms with Gasteiger partial charge in [-0.05, 0) is 23.3 Å². The van der Waals surface area contributed by atoms with Crippen LogP contribution in [0.2, 0.25) is 0 Å². The standard InChI is InChI=1S/C13H9N.H4N2/c14-10-11-6-8-13(9-7-11)12-4-2-1-3-5-12;1-2/h1-9H;1-2H2. The zero-order chi connectivity index (χ0) is 11.8. The molecule has 0 saturated heterocycles. The number of hydrogen-bond acceptors (Lipinski definition) is 3. The smallest absolute Gasteiger partial charge is 0.0991 e. The highest BCUT2D eigenvalue weighted by Crippen LogP contribution is 2.18. The normalized spacial score (nSPS) is 8.56. The lowest BCUT2D eigenvalue weighted by Crippen LogP contribution is -2.02. The van der Waals surface area contributed by atoms with Crippen molar-refractivity contribution >= 4 is 0 Å². The Morgan fingerprint density at radius 1 is 0.750 bits per heavy atom. The summed E-state index contributed by atoms with van der Waals surface area (Å²) in [5.41, 5.74) is 3.02. The van der Waals surface area contributed by atoms with Gasteiger partial charge in [-0.1, -0.05) is 42.5 Å². The molecule has 0 bridgehead atoms. The summed E-state index contributed by atoms with van der Waals surface area (Å²) in [4.78, 5) is 0. The number of nitrogens with two attached hydrogens (primary N) is 2. The van der Waals surface area contributed by atoms with Crippen LogP contribution in [0.1, 0.15) is 5.56 Å². The topological polar surface area (TPSA) is 75.8 Å². The Hall–Kier alpha value is -2.15. The molecular formula is C13H13N3. The van der Waals surface area contributed by atoms with Crippen LogP contribution in [-0.2, 0) is 0 Å². The molecule has 0 radical (unpaired) electrons. The second kappa shape index (κ2) is 6.36. The molecule has 0 amide bonds. The molecule has 0 spiro atoms. The number of rotatable bonds is 1. The maximum Gasteiger partial charge on any atom is 0.0991 e. The molecule has 3 nitrogen and oxygen atoms in total. The van der Waals surface area contributed by atoms with Gasteiger partial charge in [0.25, 0.3) is 0 Å². The first-order valence-electron chi connectivity index (χ1n) is 4.79. The molecule has 2 aromatic carbocycles. The molecule has 3 heteroatoms. The highest BCUT2D eigenvalue weighted by atomic mass is 15.0. The van der Waals surface area contributed by atoms with Gasteiger partial charge in [-0.2, -0.15) is 5.26 Å².